The van der Waals surface area contributed by atoms with E-state index in [9.17, 15) is 14.5 Å². The van der Waals surface area contributed by atoms with Gasteiger partial charge in [0.15, 0.2) is 0 Å². The second kappa shape index (κ2) is 6.65. The Morgan fingerprint density at radius 1 is 1.58 bits per heavy atom. The number of nitro benzene ring substituents is 1. The van der Waals surface area contributed by atoms with E-state index in [-0.39, 0.29) is 27.4 Å². The molecule has 1 aromatic carbocycles. The molecule has 0 radical (unpaired) electrons. The van der Waals surface area contributed by atoms with Gasteiger partial charge in [0.25, 0.3) is 5.69 Å². The minimum Gasteiger partial charge on any atom is -0.362 e. The molecule has 0 aliphatic heterocycles. The number of hydrogen-bond acceptors (Lipinski definition) is 4. The number of hydrogen-bond donors (Lipinski definition) is 0. The number of benzene rings is 1. The third kappa shape index (κ3) is 3.76. The summed E-state index contributed by atoms with van der Waals surface area (Å²) in [5, 5.41) is 19.7. The lowest BCUT2D eigenvalue weighted by Crippen LogP contribution is -2.32. The topological polar surface area (TPSA) is 70.2 Å². The summed E-state index contributed by atoms with van der Waals surface area (Å²) < 4.78 is 13.9. The molecule has 0 saturated heterocycles. The normalized spacial score (nSPS) is 10.3. The first-order chi connectivity index (χ1) is 8.88. The molecule has 0 heterocycles. The van der Waals surface area contributed by atoms with Crippen LogP contribution in [0.5, 0.6) is 0 Å². The van der Waals surface area contributed by atoms with Crippen LogP contribution in [0.15, 0.2) is 12.1 Å². The zero-order valence-electron chi connectivity index (χ0n) is 10.6. The molecule has 7 heteroatoms. The molecule has 1 aromatic rings. The summed E-state index contributed by atoms with van der Waals surface area (Å²) in [5.41, 5.74) is 0.0746. The molecule has 0 saturated carbocycles. The van der Waals surface area contributed by atoms with Crippen LogP contribution in [-0.4, -0.2) is 17.5 Å². The molecule has 1 rings (SSSR count). The zero-order chi connectivity index (χ0) is 14.6. The van der Waals surface area contributed by atoms with E-state index in [0.717, 1.165) is 6.07 Å². The fourth-order valence-corrected chi connectivity index (χ4v) is 2.18. The van der Waals surface area contributed by atoms with Crippen LogP contribution >= 0.6 is 22.6 Å². The molecule has 0 aliphatic carbocycles. The van der Waals surface area contributed by atoms with E-state index in [0.29, 0.717) is 6.54 Å². The summed E-state index contributed by atoms with van der Waals surface area (Å²) in [6, 6.07) is 4.31. The first kappa shape index (κ1) is 15.6. The summed E-state index contributed by atoms with van der Waals surface area (Å²) in [4.78, 5) is 12.2. The average Bonchev–Trinajstić information content (AvgIpc) is 2.32. The molecule has 0 unspecified atom stereocenters. The Kier molecular flexibility index (Phi) is 5.47. The Morgan fingerprint density at radius 2 is 2.21 bits per heavy atom. The van der Waals surface area contributed by atoms with Crippen molar-refractivity contribution in [3.63, 3.8) is 0 Å². The van der Waals surface area contributed by atoms with Gasteiger partial charge < -0.3 is 4.90 Å². The van der Waals surface area contributed by atoms with Gasteiger partial charge in [-0.2, -0.15) is 5.26 Å². The van der Waals surface area contributed by atoms with Gasteiger partial charge in [-0.25, -0.2) is 4.39 Å². The second-order valence-corrected chi connectivity index (χ2v) is 5.37. The lowest BCUT2D eigenvalue weighted by Gasteiger charge is -2.27. The average molecular weight is 377 g/mol. The number of anilines is 1. The van der Waals surface area contributed by atoms with Gasteiger partial charge in [-0.15, -0.1) is 0 Å². The van der Waals surface area contributed by atoms with Crippen molar-refractivity contribution in [1.29, 1.82) is 5.26 Å². The van der Waals surface area contributed by atoms with Crippen molar-refractivity contribution in [3.05, 3.63) is 31.6 Å². The molecule has 0 bridgehead atoms. The standard InChI is InChI=1S/C12H13FIN3O2/c1-8(2)16(5-3-4-15)11-6-9(13)10(14)7-12(11)17(18)19/h6-8H,3,5H2,1-2H3. The molecule has 0 aromatic heterocycles. The highest BCUT2D eigenvalue weighted by Crippen LogP contribution is 2.33. The van der Waals surface area contributed by atoms with E-state index in [1.807, 2.05) is 19.9 Å². The Hall–Kier alpha value is -1.43. The van der Waals surface area contributed by atoms with Gasteiger partial charge in [-0.05, 0) is 36.4 Å². The number of halogens is 2. The molecular weight excluding hydrogens is 364 g/mol. The van der Waals surface area contributed by atoms with Crippen LogP contribution in [0.4, 0.5) is 15.8 Å². The third-order valence-corrected chi connectivity index (χ3v) is 3.44. The van der Waals surface area contributed by atoms with E-state index in [1.54, 1.807) is 27.5 Å². The number of nitro groups is 1. The Balaban J connectivity index is 3.32. The molecular formula is C12H13FIN3O2. The summed E-state index contributed by atoms with van der Waals surface area (Å²) in [7, 11) is 0. The van der Waals surface area contributed by atoms with Gasteiger partial charge in [-0.3, -0.25) is 10.1 Å². The fourth-order valence-electron chi connectivity index (χ4n) is 1.73. The first-order valence-electron chi connectivity index (χ1n) is 5.65. The first-order valence-corrected chi connectivity index (χ1v) is 6.73. The van der Waals surface area contributed by atoms with Crippen LogP contribution < -0.4 is 4.90 Å². The second-order valence-electron chi connectivity index (χ2n) is 4.21. The molecule has 0 amide bonds. The van der Waals surface area contributed by atoms with Crippen LogP contribution in [-0.2, 0) is 0 Å². The van der Waals surface area contributed by atoms with Crippen LogP contribution in [0.25, 0.3) is 0 Å². The summed E-state index contributed by atoms with van der Waals surface area (Å²) in [5.74, 6) is -0.496. The van der Waals surface area contributed by atoms with Crippen molar-refractivity contribution >= 4 is 34.0 Å². The summed E-state index contributed by atoms with van der Waals surface area (Å²) in [6.07, 6.45) is 0.225. The summed E-state index contributed by atoms with van der Waals surface area (Å²) >= 11 is 1.72. The molecule has 102 valence electrons. The maximum absolute atomic E-state index is 13.6. The number of nitriles is 1. The smallest absolute Gasteiger partial charge is 0.293 e. The summed E-state index contributed by atoms with van der Waals surface area (Å²) in [6.45, 7) is 4.02. The van der Waals surface area contributed by atoms with Crippen LogP contribution in [0, 0.1) is 30.8 Å². The highest BCUT2D eigenvalue weighted by Gasteiger charge is 2.23. The van der Waals surface area contributed by atoms with E-state index in [1.165, 1.54) is 6.07 Å². The van der Waals surface area contributed by atoms with Crippen LogP contribution in [0.3, 0.4) is 0 Å². The molecule has 0 atom stereocenters. The lowest BCUT2D eigenvalue weighted by atomic mass is 10.2. The van der Waals surface area contributed by atoms with Crippen LogP contribution in [0.2, 0.25) is 0 Å². The Morgan fingerprint density at radius 3 is 2.68 bits per heavy atom. The monoisotopic (exact) mass is 377 g/mol. The molecule has 19 heavy (non-hydrogen) atoms. The Labute approximate surface area is 124 Å². The van der Waals surface area contributed by atoms with Crippen molar-refractivity contribution in [1.82, 2.24) is 0 Å². The van der Waals surface area contributed by atoms with Crippen LogP contribution in [0.1, 0.15) is 20.3 Å². The minimum absolute atomic E-state index is 0.0634. The minimum atomic E-state index is -0.529. The van der Waals surface area contributed by atoms with Crippen molar-refractivity contribution in [2.24, 2.45) is 0 Å². The predicted octanol–water partition coefficient (Wildman–Crippen LogP) is 3.47. The van der Waals surface area contributed by atoms with Crippen molar-refractivity contribution in [2.75, 3.05) is 11.4 Å². The van der Waals surface area contributed by atoms with Crippen molar-refractivity contribution in [3.8, 4) is 6.07 Å². The lowest BCUT2D eigenvalue weighted by molar-refractivity contribution is -0.384. The van der Waals surface area contributed by atoms with E-state index >= 15 is 0 Å². The molecule has 0 fully saturated rings. The van der Waals surface area contributed by atoms with Gasteiger partial charge >= 0.3 is 0 Å². The van der Waals surface area contributed by atoms with Crippen molar-refractivity contribution < 1.29 is 9.31 Å². The Bertz CT molecular complexity index is 528. The molecule has 0 N–H and O–H groups in total. The van der Waals surface area contributed by atoms with Gasteiger partial charge in [0.05, 0.1) is 21.0 Å². The maximum atomic E-state index is 13.6. The number of rotatable bonds is 5. The highest BCUT2D eigenvalue weighted by molar-refractivity contribution is 14.1. The maximum Gasteiger partial charge on any atom is 0.293 e. The van der Waals surface area contributed by atoms with E-state index < -0.39 is 10.7 Å². The fraction of sp³-hybridized carbons (Fsp3) is 0.417. The van der Waals surface area contributed by atoms with Gasteiger partial charge in [-0.1, -0.05) is 0 Å². The quantitative estimate of drug-likeness (QED) is 0.448. The zero-order valence-corrected chi connectivity index (χ0v) is 12.7. The molecule has 0 spiro atoms. The van der Waals surface area contributed by atoms with Gasteiger partial charge in [0.2, 0.25) is 0 Å². The van der Waals surface area contributed by atoms with Gasteiger partial charge in [0.1, 0.15) is 11.5 Å². The largest absolute Gasteiger partial charge is 0.362 e. The number of nitrogens with zero attached hydrogens (tertiary/aromatic N) is 3. The molecule has 0 aliphatic rings. The van der Waals surface area contributed by atoms with E-state index in [2.05, 4.69) is 0 Å². The van der Waals surface area contributed by atoms with Gasteiger partial charge in [0, 0.05) is 24.7 Å². The highest BCUT2D eigenvalue weighted by atomic mass is 127. The SMILES string of the molecule is CC(C)N(CCC#N)c1cc(F)c(I)cc1[N+](=O)[O-]. The third-order valence-electron chi connectivity index (χ3n) is 2.61. The predicted molar refractivity (Wildman–Crippen MR) is 78.5 cm³/mol. The van der Waals surface area contributed by atoms with E-state index in [4.69, 9.17) is 5.26 Å². The van der Waals surface area contributed by atoms with Crippen molar-refractivity contribution in [2.45, 2.75) is 26.3 Å². The molecule has 5 nitrogen and oxygen atoms in total.